The molecule has 1 aliphatic rings. The third-order valence-electron chi connectivity index (χ3n) is 8.41. The van der Waals surface area contributed by atoms with Gasteiger partial charge in [-0.2, -0.15) is 0 Å². The molecular weight excluding hydrogens is 451 g/mol. The van der Waals surface area contributed by atoms with Gasteiger partial charge in [-0.05, 0) is 78.3 Å². The highest BCUT2D eigenvalue weighted by Crippen LogP contribution is 2.34. The quantitative estimate of drug-likeness (QED) is 0.183. The van der Waals surface area contributed by atoms with Crippen LogP contribution in [0.3, 0.4) is 0 Å². The Morgan fingerprint density at radius 1 is 0.676 bits per heavy atom. The summed E-state index contributed by atoms with van der Waals surface area (Å²) in [6.45, 7) is 4.44. The smallest absolute Gasteiger partial charge is 0.134 e. The summed E-state index contributed by atoms with van der Waals surface area (Å²) >= 11 is 0. The topological polar surface area (TPSA) is 0 Å². The molecule has 1 fully saturated rings. The van der Waals surface area contributed by atoms with Crippen molar-refractivity contribution < 1.29 is 4.39 Å². The molecule has 0 bridgehead atoms. The Bertz CT molecular complexity index is 1170. The molecule has 3 aromatic carbocycles. The van der Waals surface area contributed by atoms with E-state index in [1.165, 1.54) is 76.2 Å². The van der Waals surface area contributed by atoms with Crippen LogP contribution in [0.4, 0.5) is 4.39 Å². The highest BCUT2D eigenvalue weighted by atomic mass is 19.1. The molecule has 0 saturated heterocycles. The molecule has 0 radical (unpaired) electrons. The molecule has 0 heterocycles. The van der Waals surface area contributed by atoms with E-state index >= 15 is 0 Å². The van der Waals surface area contributed by atoms with E-state index < -0.39 is 0 Å². The Balaban J connectivity index is 1.26. The van der Waals surface area contributed by atoms with Gasteiger partial charge in [-0.15, -0.1) is 0 Å². The van der Waals surface area contributed by atoms with Gasteiger partial charge in [-0.1, -0.05) is 120 Å². The van der Waals surface area contributed by atoms with Crippen LogP contribution in [0.2, 0.25) is 0 Å². The van der Waals surface area contributed by atoms with Crippen LogP contribution in [0.1, 0.15) is 113 Å². The first-order valence-corrected chi connectivity index (χ1v) is 15.0. The summed E-state index contributed by atoms with van der Waals surface area (Å²) in [4.78, 5) is 0. The number of hydrogen-bond acceptors (Lipinski definition) is 0. The molecule has 1 aliphatic carbocycles. The number of halogens is 1. The van der Waals surface area contributed by atoms with Crippen LogP contribution in [-0.4, -0.2) is 0 Å². The minimum Gasteiger partial charge on any atom is -0.206 e. The molecule has 1 saturated carbocycles. The Morgan fingerprint density at radius 3 is 2.08 bits per heavy atom. The summed E-state index contributed by atoms with van der Waals surface area (Å²) in [5.41, 5.74) is 4.21. The van der Waals surface area contributed by atoms with Gasteiger partial charge < -0.3 is 0 Å². The monoisotopic (exact) mass is 496 g/mol. The molecule has 3 aromatic rings. The highest BCUT2D eigenvalue weighted by Gasteiger charge is 2.20. The minimum atomic E-state index is -0.0727. The number of rotatable bonds is 11. The fraction of sp³-hybridized carbons (Fsp3) is 0.500. The van der Waals surface area contributed by atoms with E-state index in [4.69, 9.17) is 0 Å². The van der Waals surface area contributed by atoms with Crippen molar-refractivity contribution in [1.82, 2.24) is 0 Å². The fourth-order valence-corrected chi connectivity index (χ4v) is 5.91. The molecule has 1 heteroatoms. The molecular formula is C36H45F. The standard InChI is InChI=1S/C36H45F/c1-3-5-7-8-9-28-11-13-29(14-12-28)15-16-30-17-19-31(20-18-30)21-22-32-23-26-35-34(27-32)25-24-33(36(35)37)10-6-4-2/h17-20,23-29H,3-16H2,1-2H3. The van der Waals surface area contributed by atoms with Crippen LogP contribution in [0.25, 0.3) is 10.8 Å². The van der Waals surface area contributed by atoms with E-state index in [2.05, 4.69) is 50.0 Å². The van der Waals surface area contributed by atoms with Crippen molar-refractivity contribution in [3.05, 3.63) is 82.7 Å². The van der Waals surface area contributed by atoms with E-state index in [-0.39, 0.29) is 5.82 Å². The zero-order valence-corrected chi connectivity index (χ0v) is 23.1. The van der Waals surface area contributed by atoms with Gasteiger partial charge in [0, 0.05) is 16.5 Å². The average molecular weight is 497 g/mol. The molecule has 0 N–H and O–H groups in total. The minimum absolute atomic E-state index is 0.0727. The number of fused-ring (bicyclic) bond motifs is 1. The van der Waals surface area contributed by atoms with Crippen LogP contribution >= 0.6 is 0 Å². The highest BCUT2D eigenvalue weighted by molar-refractivity contribution is 5.85. The van der Waals surface area contributed by atoms with Crippen LogP contribution in [0.5, 0.6) is 0 Å². The Hall–Kier alpha value is -2.59. The van der Waals surface area contributed by atoms with Gasteiger partial charge in [0.15, 0.2) is 0 Å². The van der Waals surface area contributed by atoms with Crippen molar-refractivity contribution >= 4 is 10.8 Å². The van der Waals surface area contributed by atoms with Gasteiger partial charge in [0.1, 0.15) is 5.82 Å². The zero-order chi connectivity index (χ0) is 25.9. The third kappa shape index (κ3) is 8.20. The normalized spacial score (nSPS) is 17.5. The lowest BCUT2D eigenvalue weighted by atomic mass is 9.77. The molecule has 37 heavy (non-hydrogen) atoms. The summed E-state index contributed by atoms with van der Waals surface area (Å²) in [7, 11) is 0. The molecule has 4 rings (SSSR count). The zero-order valence-electron chi connectivity index (χ0n) is 23.1. The van der Waals surface area contributed by atoms with E-state index in [0.717, 1.165) is 53.2 Å². The van der Waals surface area contributed by atoms with Gasteiger partial charge >= 0.3 is 0 Å². The number of aryl methyl sites for hydroxylation is 2. The average Bonchev–Trinajstić information content (AvgIpc) is 2.94. The predicted octanol–water partition coefficient (Wildman–Crippen LogP) is 10.4. The van der Waals surface area contributed by atoms with E-state index in [9.17, 15) is 4.39 Å². The second kappa shape index (κ2) is 14.4. The lowest BCUT2D eigenvalue weighted by molar-refractivity contribution is 0.249. The Labute approximate surface area is 225 Å². The molecule has 0 nitrogen and oxygen atoms in total. The Morgan fingerprint density at radius 2 is 1.35 bits per heavy atom. The first kappa shape index (κ1) is 27.4. The summed E-state index contributed by atoms with van der Waals surface area (Å²) < 4.78 is 14.8. The molecule has 196 valence electrons. The van der Waals surface area contributed by atoms with Gasteiger partial charge in [-0.25, -0.2) is 4.39 Å². The van der Waals surface area contributed by atoms with Crippen molar-refractivity contribution in [2.24, 2.45) is 11.8 Å². The lowest BCUT2D eigenvalue weighted by Gasteiger charge is -2.28. The first-order chi connectivity index (χ1) is 18.2. The van der Waals surface area contributed by atoms with Gasteiger partial charge in [0.2, 0.25) is 0 Å². The SMILES string of the molecule is CCCCCCC1CCC(CCc2ccc(C#Cc3ccc4c(F)c(CCCC)ccc4c3)cc2)CC1. The van der Waals surface area contributed by atoms with Crippen molar-refractivity contribution in [3.63, 3.8) is 0 Å². The summed E-state index contributed by atoms with van der Waals surface area (Å²) in [5, 5.41) is 1.62. The van der Waals surface area contributed by atoms with Gasteiger partial charge in [0.25, 0.3) is 0 Å². The largest absolute Gasteiger partial charge is 0.206 e. The second-order valence-corrected chi connectivity index (χ2v) is 11.3. The third-order valence-corrected chi connectivity index (χ3v) is 8.41. The maximum atomic E-state index is 14.8. The number of benzene rings is 3. The van der Waals surface area contributed by atoms with E-state index in [1.807, 2.05) is 30.3 Å². The van der Waals surface area contributed by atoms with Crippen molar-refractivity contribution in [2.75, 3.05) is 0 Å². The summed E-state index contributed by atoms with van der Waals surface area (Å²) in [6.07, 6.45) is 18.2. The maximum absolute atomic E-state index is 14.8. The molecule has 0 aromatic heterocycles. The predicted molar refractivity (Wildman–Crippen MR) is 157 cm³/mol. The van der Waals surface area contributed by atoms with Crippen molar-refractivity contribution in [3.8, 4) is 11.8 Å². The number of unbranched alkanes of at least 4 members (excludes halogenated alkanes) is 4. The van der Waals surface area contributed by atoms with Crippen LogP contribution in [-0.2, 0) is 12.8 Å². The van der Waals surface area contributed by atoms with Crippen LogP contribution in [0.15, 0.2) is 54.6 Å². The molecule has 0 unspecified atom stereocenters. The van der Waals surface area contributed by atoms with E-state index in [0.29, 0.717) is 5.39 Å². The van der Waals surface area contributed by atoms with E-state index in [1.54, 1.807) is 0 Å². The Kier molecular flexibility index (Phi) is 10.7. The number of hydrogen-bond donors (Lipinski definition) is 0. The first-order valence-electron chi connectivity index (χ1n) is 15.0. The van der Waals surface area contributed by atoms with Crippen molar-refractivity contribution in [2.45, 2.75) is 104 Å². The van der Waals surface area contributed by atoms with Crippen LogP contribution in [0, 0.1) is 29.5 Å². The summed E-state index contributed by atoms with van der Waals surface area (Å²) in [6, 6.07) is 18.6. The maximum Gasteiger partial charge on any atom is 0.134 e. The molecule has 0 spiro atoms. The summed E-state index contributed by atoms with van der Waals surface area (Å²) in [5.74, 6) is 8.41. The van der Waals surface area contributed by atoms with Crippen LogP contribution < -0.4 is 0 Å². The fourth-order valence-electron chi connectivity index (χ4n) is 5.91. The van der Waals surface area contributed by atoms with Gasteiger partial charge in [0.05, 0.1) is 0 Å². The lowest BCUT2D eigenvalue weighted by Crippen LogP contribution is -2.15. The van der Waals surface area contributed by atoms with Gasteiger partial charge in [-0.3, -0.25) is 0 Å². The second-order valence-electron chi connectivity index (χ2n) is 11.3. The van der Waals surface area contributed by atoms with Crippen molar-refractivity contribution in [1.29, 1.82) is 0 Å². The molecule has 0 atom stereocenters. The molecule has 0 amide bonds. The molecule has 0 aliphatic heterocycles.